The Kier molecular flexibility index (Phi) is 6.69. The number of carbonyl (C=O) groups is 2. The molecule has 2 aromatic rings. The Hall–Kier alpha value is -2.67. The largest absolute Gasteiger partial charge is 0.324 e. The van der Waals surface area contributed by atoms with Gasteiger partial charge in [-0.25, -0.2) is 9.38 Å². The molecule has 2 amide bonds. The van der Waals surface area contributed by atoms with Gasteiger partial charge in [-0.2, -0.15) is 0 Å². The summed E-state index contributed by atoms with van der Waals surface area (Å²) >= 11 is 1.28. The van der Waals surface area contributed by atoms with Crippen LogP contribution in [-0.4, -0.2) is 33.7 Å². The van der Waals surface area contributed by atoms with E-state index in [4.69, 9.17) is 0 Å². The van der Waals surface area contributed by atoms with Gasteiger partial charge in [0.25, 0.3) is 0 Å². The van der Waals surface area contributed by atoms with E-state index >= 15 is 0 Å². The van der Waals surface area contributed by atoms with Crippen LogP contribution in [0.4, 0.5) is 15.8 Å². The first-order valence-electron chi connectivity index (χ1n) is 9.51. The number of aryl methyl sites for hydroxylation is 1. The lowest BCUT2D eigenvalue weighted by molar-refractivity contribution is -0.128. The van der Waals surface area contributed by atoms with Gasteiger partial charge in [-0.1, -0.05) is 55.4 Å². The highest BCUT2D eigenvalue weighted by Crippen LogP contribution is 2.32. The zero-order valence-corrected chi connectivity index (χ0v) is 17.5. The number of hydrogen-bond donors (Lipinski definition) is 1. The fraction of sp³-hybridized carbons (Fsp3) is 0.318. The van der Waals surface area contributed by atoms with Gasteiger partial charge in [0.15, 0.2) is 5.17 Å². The second-order valence-electron chi connectivity index (χ2n) is 7.41. The zero-order chi connectivity index (χ0) is 21.0. The third-order valence-electron chi connectivity index (χ3n) is 4.35. The van der Waals surface area contributed by atoms with Gasteiger partial charge in [0.05, 0.1) is 11.4 Å². The van der Waals surface area contributed by atoms with Crippen molar-refractivity contribution in [3.8, 4) is 0 Å². The summed E-state index contributed by atoms with van der Waals surface area (Å²) in [6, 6.07) is 13.7. The summed E-state index contributed by atoms with van der Waals surface area (Å²) in [7, 11) is 0. The molecule has 0 aliphatic carbocycles. The van der Waals surface area contributed by atoms with E-state index in [0.29, 0.717) is 11.7 Å². The number of thioether (sulfide) groups is 1. The van der Waals surface area contributed by atoms with Gasteiger partial charge in [-0.3, -0.25) is 14.5 Å². The quantitative estimate of drug-likeness (QED) is 0.743. The van der Waals surface area contributed by atoms with E-state index in [1.54, 1.807) is 17.0 Å². The van der Waals surface area contributed by atoms with Crippen molar-refractivity contribution in [2.24, 2.45) is 10.9 Å². The first kappa shape index (κ1) is 21.0. The van der Waals surface area contributed by atoms with Gasteiger partial charge >= 0.3 is 0 Å². The molecule has 1 N–H and O–H groups in total. The minimum Gasteiger partial charge on any atom is -0.324 e. The Balaban J connectivity index is 1.76. The van der Waals surface area contributed by atoms with Crippen LogP contribution in [-0.2, 0) is 9.59 Å². The second-order valence-corrected chi connectivity index (χ2v) is 8.58. The highest BCUT2D eigenvalue weighted by atomic mass is 32.2. The second kappa shape index (κ2) is 9.22. The van der Waals surface area contributed by atoms with Gasteiger partial charge in [-0.15, -0.1) is 0 Å². The van der Waals surface area contributed by atoms with Crippen molar-refractivity contribution in [1.29, 1.82) is 0 Å². The predicted octanol–water partition coefficient (Wildman–Crippen LogP) is 4.75. The number of rotatable bonds is 6. The van der Waals surface area contributed by atoms with Crippen LogP contribution in [0.1, 0.15) is 25.8 Å². The monoisotopic (exact) mass is 413 g/mol. The van der Waals surface area contributed by atoms with E-state index in [9.17, 15) is 14.0 Å². The van der Waals surface area contributed by atoms with Crippen LogP contribution in [0.3, 0.4) is 0 Å². The Morgan fingerprint density at radius 2 is 1.90 bits per heavy atom. The maximum Gasteiger partial charge on any atom is 0.242 e. The Morgan fingerprint density at radius 1 is 1.21 bits per heavy atom. The number of benzene rings is 2. The van der Waals surface area contributed by atoms with Gasteiger partial charge < -0.3 is 5.32 Å². The van der Waals surface area contributed by atoms with Crippen molar-refractivity contribution < 1.29 is 14.0 Å². The molecule has 1 atom stereocenters. The topological polar surface area (TPSA) is 61.8 Å². The molecule has 2 aromatic carbocycles. The molecular formula is C22H24FN3O2S. The van der Waals surface area contributed by atoms with Gasteiger partial charge in [0.1, 0.15) is 11.1 Å². The smallest absolute Gasteiger partial charge is 0.242 e. The van der Waals surface area contributed by atoms with Gasteiger partial charge in [0, 0.05) is 13.0 Å². The van der Waals surface area contributed by atoms with Crippen LogP contribution in [0.15, 0.2) is 53.5 Å². The first-order valence-corrected chi connectivity index (χ1v) is 10.4. The minimum atomic E-state index is -0.579. The Bertz CT molecular complexity index is 928. The third-order valence-corrected chi connectivity index (χ3v) is 5.52. The molecular weight excluding hydrogens is 389 g/mol. The SMILES string of the molecule is Cc1ccc(N=C2S[C@@H](CC(=O)Nc3ccccc3F)C(=O)N2CC(C)C)cc1. The molecule has 1 aliphatic rings. The lowest BCUT2D eigenvalue weighted by Crippen LogP contribution is -2.36. The number of nitrogens with one attached hydrogen (secondary N) is 1. The number of nitrogens with zero attached hydrogens (tertiary/aromatic N) is 2. The molecule has 7 heteroatoms. The molecule has 0 bridgehead atoms. The van der Waals surface area contributed by atoms with E-state index in [0.717, 1.165) is 11.3 Å². The summed E-state index contributed by atoms with van der Waals surface area (Å²) in [6.45, 7) is 6.58. The van der Waals surface area contributed by atoms with Crippen LogP contribution in [0.5, 0.6) is 0 Å². The Morgan fingerprint density at radius 3 is 2.55 bits per heavy atom. The number of aliphatic imine (C=N–C) groups is 1. The number of hydrogen-bond acceptors (Lipinski definition) is 4. The number of anilines is 1. The summed E-state index contributed by atoms with van der Waals surface area (Å²) in [5, 5.41) is 2.56. The van der Waals surface area contributed by atoms with Crippen molar-refractivity contribution in [2.75, 3.05) is 11.9 Å². The van der Waals surface area contributed by atoms with Crippen LogP contribution >= 0.6 is 11.8 Å². The molecule has 0 radical (unpaired) electrons. The lowest BCUT2D eigenvalue weighted by atomic mass is 10.2. The molecule has 1 fully saturated rings. The maximum atomic E-state index is 13.8. The molecule has 3 rings (SSSR count). The highest BCUT2D eigenvalue weighted by molar-refractivity contribution is 8.15. The van der Waals surface area contributed by atoms with E-state index in [1.165, 1.54) is 23.9 Å². The first-order chi connectivity index (χ1) is 13.8. The number of halogens is 1. The van der Waals surface area contributed by atoms with Crippen molar-refractivity contribution in [3.05, 3.63) is 59.9 Å². The summed E-state index contributed by atoms with van der Waals surface area (Å²) in [5.41, 5.74) is 2.00. The van der Waals surface area contributed by atoms with Crippen LogP contribution in [0.2, 0.25) is 0 Å². The van der Waals surface area contributed by atoms with Gasteiger partial charge in [-0.05, 0) is 37.1 Å². The summed E-state index contributed by atoms with van der Waals surface area (Å²) in [5.74, 6) is -0.789. The molecule has 0 aromatic heterocycles. The normalized spacial score (nSPS) is 18.0. The molecule has 1 saturated heterocycles. The van der Waals surface area contributed by atoms with Crippen LogP contribution in [0, 0.1) is 18.7 Å². The average molecular weight is 414 g/mol. The maximum absolute atomic E-state index is 13.8. The standard InChI is InChI=1S/C22H24FN3O2S/c1-14(2)13-26-21(28)19(12-20(27)25-18-7-5-4-6-17(18)23)29-22(26)24-16-10-8-15(3)9-11-16/h4-11,14,19H,12-13H2,1-3H3,(H,25,27)/t19-/m0/s1. The average Bonchev–Trinajstić information content (AvgIpc) is 2.94. The minimum absolute atomic E-state index is 0.0423. The third kappa shape index (κ3) is 5.44. The number of para-hydroxylation sites is 1. The van der Waals surface area contributed by atoms with E-state index < -0.39 is 17.0 Å². The molecule has 1 aliphatic heterocycles. The molecule has 0 spiro atoms. The fourth-order valence-electron chi connectivity index (χ4n) is 2.92. The lowest BCUT2D eigenvalue weighted by Gasteiger charge is -2.18. The summed E-state index contributed by atoms with van der Waals surface area (Å²) in [6.07, 6.45) is -0.0423. The molecule has 5 nitrogen and oxygen atoms in total. The fourth-order valence-corrected chi connectivity index (χ4v) is 4.09. The predicted molar refractivity (Wildman–Crippen MR) is 116 cm³/mol. The molecule has 152 valence electrons. The zero-order valence-electron chi connectivity index (χ0n) is 16.7. The molecule has 1 heterocycles. The highest BCUT2D eigenvalue weighted by Gasteiger charge is 2.39. The molecule has 0 unspecified atom stereocenters. The van der Waals surface area contributed by atoms with Crippen LogP contribution in [0.25, 0.3) is 0 Å². The van der Waals surface area contributed by atoms with Crippen molar-refractivity contribution in [3.63, 3.8) is 0 Å². The summed E-state index contributed by atoms with van der Waals surface area (Å²) in [4.78, 5) is 31.6. The summed E-state index contributed by atoms with van der Waals surface area (Å²) < 4.78 is 13.8. The molecule has 29 heavy (non-hydrogen) atoms. The van der Waals surface area contributed by atoms with E-state index in [-0.39, 0.29) is 23.9 Å². The van der Waals surface area contributed by atoms with E-state index in [1.807, 2.05) is 45.0 Å². The van der Waals surface area contributed by atoms with Gasteiger partial charge in [0.2, 0.25) is 11.8 Å². The number of amidine groups is 1. The number of carbonyl (C=O) groups excluding carboxylic acids is 2. The Labute approximate surface area is 174 Å². The number of amides is 2. The van der Waals surface area contributed by atoms with Crippen molar-refractivity contribution in [2.45, 2.75) is 32.4 Å². The van der Waals surface area contributed by atoms with Crippen LogP contribution < -0.4 is 5.32 Å². The van der Waals surface area contributed by atoms with Crippen molar-refractivity contribution >= 4 is 40.1 Å². The molecule has 0 saturated carbocycles. The van der Waals surface area contributed by atoms with Crippen molar-refractivity contribution in [1.82, 2.24) is 4.90 Å². The van der Waals surface area contributed by atoms with E-state index in [2.05, 4.69) is 10.3 Å².